The van der Waals surface area contributed by atoms with Crippen LogP contribution in [0.25, 0.3) is 11.4 Å². The molecule has 0 bridgehead atoms. The van der Waals surface area contributed by atoms with Gasteiger partial charge in [0.2, 0.25) is 0 Å². The zero-order chi connectivity index (χ0) is 10.4. The van der Waals surface area contributed by atoms with E-state index in [0.717, 1.165) is 24.6 Å². The van der Waals surface area contributed by atoms with Crippen molar-refractivity contribution in [1.82, 2.24) is 19.7 Å². The van der Waals surface area contributed by atoms with Crippen LogP contribution in [0.4, 0.5) is 0 Å². The molecule has 0 aromatic carbocycles. The van der Waals surface area contributed by atoms with Crippen LogP contribution < -0.4 is 0 Å². The van der Waals surface area contributed by atoms with Crippen LogP contribution in [0.3, 0.4) is 0 Å². The van der Waals surface area contributed by atoms with Crippen LogP contribution in [0.1, 0.15) is 23.6 Å². The summed E-state index contributed by atoms with van der Waals surface area (Å²) in [6.45, 7) is 5.21. The molecule has 0 aliphatic carbocycles. The van der Waals surface area contributed by atoms with Crippen LogP contribution in [0.2, 0.25) is 0 Å². The second-order valence-corrected chi connectivity index (χ2v) is 4.19. The Labute approximate surface area is 88.3 Å². The minimum absolute atomic E-state index is 1.02. The lowest BCUT2D eigenvalue weighted by molar-refractivity contribution is 0.748. The lowest BCUT2D eigenvalue weighted by Crippen LogP contribution is -1.96. The molecule has 15 heavy (non-hydrogen) atoms. The lowest BCUT2D eigenvalue weighted by atomic mass is 10.2. The Kier molecular flexibility index (Phi) is 1.71. The molecule has 4 nitrogen and oxygen atoms in total. The van der Waals surface area contributed by atoms with E-state index in [1.54, 1.807) is 0 Å². The maximum atomic E-state index is 4.28. The van der Waals surface area contributed by atoms with E-state index in [4.69, 9.17) is 0 Å². The smallest absolute Gasteiger partial charge is 0.165 e. The van der Waals surface area contributed by atoms with Gasteiger partial charge >= 0.3 is 0 Å². The highest BCUT2D eigenvalue weighted by atomic mass is 15.3. The molecule has 0 unspecified atom stereocenters. The van der Waals surface area contributed by atoms with Crippen molar-refractivity contribution in [2.75, 3.05) is 0 Å². The Hall–Kier alpha value is -1.58. The molecule has 78 valence electrons. The van der Waals surface area contributed by atoms with Gasteiger partial charge < -0.3 is 9.55 Å². The number of aromatic nitrogens is 4. The van der Waals surface area contributed by atoms with E-state index >= 15 is 0 Å². The van der Waals surface area contributed by atoms with E-state index in [1.165, 1.54) is 23.4 Å². The van der Waals surface area contributed by atoms with Gasteiger partial charge in [0.25, 0.3) is 0 Å². The fraction of sp³-hybridized carbons (Fsp3) is 0.455. The molecule has 3 heterocycles. The Bertz CT molecular complexity index is 507. The number of nitrogens with one attached hydrogen (secondary N) is 1. The van der Waals surface area contributed by atoms with Crippen LogP contribution in [0, 0.1) is 13.8 Å². The highest BCUT2D eigenvalue weighted by Gasteiger charge is 2.20. The predicted molar refractivity (Wildman–Crippen MR) is 57.6 cm³/mol. The Morgan fingerprint density at radius 1 is 1.33 bits per heavy atom. The molecule has 2 aromatic rings. The van der Waals surface area contributed by atoms with Gasteiger partial charge in [-0.2, -0.15) is 0 Å². The monoisotopic (exact) mass is 202 g/mol. The molecular formula is C11H14N4. The SMILES string of the molecule is Cc1cc(-c2nnc3n2CCC3)c(C)[nH]1. The summed E-state index contributed by atoms with van der Waals surface area (Å²) in [6.07, 6.45) is 2.26. The number of aromatic amines is 1. The third-order valence-electron chi connectivity index (χ3n) is 3.00. The van der Waals surface area contributed by atoms with Gasteiger partial charge in [-0.25, -0.2) is 0 Å². The molecule has 2 aromatic heterocycles. The first-order valence-electron chi connectivity index (χ1n) is 5.34. The number of nitrogens with zero attached hydrogens (tertiary/aromatic N) is 3. The van der Waals surface area contributed by atoms with E-state index in [9.17, 15) is 0 Å². The molecule has 0 saturated carbocycles. The summed E-state index contributed by atoms with van der Waals surface area (Å²) in [5, 5.41) is 8.50. The normalized spacial score (nSPS) is 14.5. The number of hydrogen-bond donors (Lipinski definition) is 1. The topological polar surface area (TPSA) is 46.5 Å². The molecule has 1 aliphatic rings. The quantitative estimate of drug-likeness (QED) is 0.767. The van der Waals surface area contributed by atoms with Crippen molar-refractivity contribution in [2.24, 2.45) is 0 Å². The first kappa shape index (κ1) is 8.71. The molecule has 3 rings (SSSR count). The van der Waals surface area contributed by atoms with Crippen LogP contribution in [0.15, 0.2) is 6.07 Å². The summed E-state index contributed by atoms with van der Waals surface area (Å²) in [7, 11) is 0. The van der Waals surface area contributed by atoms with Crippen molar-refractivity contribution in [3.05, 3.63) is 23.3 Å². The number of aryl methyl sites for hydroxylation is 3. The molecule has 0 fully saturated rings. The zero-order valence-electron chi connectivity index (χ0n) is 9.04. The number of fused-ring (bicyclic) bond motifs is 1. The van der Waals surface area contributed by atoms with Crippen molar-refractivity contribution in [3.8, 4) is 11.4 Å². The Morgan fingerprint density at radius 3 is 2.93 bits per heavy atom. The van der Waals surface area contributed by atoms with E-state index in [1.807, 2.05) is 0 Å². The minimum Gasteiger partial charge on any atom is -0.362 e. The molecule has 0 atom stereocenters. The average molecular weight is 202 g/mol. The first-order chi connectivity index (χ1) is 7.25. The highest BCUT2D eigenvalue weighted by Crippen LogP contribution is 2.26. The second kappa shape index (κ2) is 2.95. The van der Waals surface area contributed by atoms with Crippen molar-refractivity contribution in [1.29, 1.82) is 0 Å². The minimum atomic E-state index is 1.02. The molecule has 0 saturated heterocycles. The fourth-order valence-corrected chi connectivity index (χ4v) is 2.31. The summed E-state index contributed by atoms with van der Waals surface area (Å²) in [4.78, 5) is 3.31. The Balaban J connectivity index is 2.16. The van der Waals surface area contributed by atoms with Gasteiger partial charge in [0.1, 0.15) is 5.82 Å². The standard InChI is InChI=1S/C11H14N4/c1-7-6-9(8(2)12-7)11-14-13-10-4-3-5-15(10)11/h6,12H,3-5H2,1-2H3. The van der Waals surface area contributed by atoms with Gasteiger partial charge in [-0.1, -0.05) is 0 Å². The Morgan fingerprint density at radius 2 is 2.20 bits per heavy atom. The van der Waals surface area contributed by atoms with Gasteiger partial charge in [0.05, 0.1) is 0 Å². The van der Waals surface area contributed by atoms with E-state index in [-0.39, 0.29) is 0 Å². The van der Waals surface area contributed by atoms with Gasteiger partial charge in [0.15, 0.2) is 5.82 Å². The van der Waals surface area contributed by atoms with Crippen molar-refractivity contribution < 1.29 is 0 Å². The van der Waals surface area contributed by atoms with E-state index < -0.39 is 0 Å². The highest BCUT2D eigenvalue weighted by molar-refractivity contribution is 5.60. The van der Waals surface area contributed by atoms with Gasteiger partial charge in [-0.3, -0.25) is 0 Å². The summed E-state index contributed by atoms with van der Waals surface area (Å²) in [5.41, 5.74) is 3.54. The van der Waals surface area contributed by atoms with Crippen molar-refractivity contribution >= 4 is 0 Å². The molecule has 0 amide bonds. The summed E-state index contributed by atoms with van der Waals surface area (Å²) >= 11 is 0. The molecule has 0 radical (unpaired) electrons. The van der Waals surface area contributed by atoms with Gasteiger partial charge in [-0.15, -0.1) is 10.2 Å². The number of rotatable bonds is 1. The maximum absolute atomic E-state index is 4.28. The summed E-state index contributed by atoms with van der Waals surface area (Å²) in [5.74, 6) is 2.15. The number of H-pyrrole nitrogens is 1. The zero-order valence-corrected chi connectivity index (χ0v) is 9.04. The third-order valence-corrected chi connectivity index (χ3v) is 3.00. The van der Waals surface area contributed by atoms with Crippen LogP contribution >= 0.6 is 0 Å². The summed E-state index contributed by atoms with van der Waals surface area (Å²) in [6, 6.07) is 2.14. The average Bonchev–Trinajstić information content (AvgIpc) is 2.80. The molecule has 4 heteroatoms. The predicted octanol–water partition coefficient (Wildman–Crippen LogP) is 1.84. The molecule has 1 N–H and O–H groups in total. The largest absolute Gasteiger partial charge is 0.362 e. The van der Waals surface area contributed by atoms with Crippen LogP contribution in [0.5, 0.6) is 0 Å². The van der Waals surface area contributed by atoms with Gasteiger partial charge in [-0.05, 0) is 26.3 Å². The molecule has 1 aliphatic heterocycles. The summed E-state index contributed by atoms with van der Waals surface area (Å²) < 4.78 is 2.23. The number of hydrogen-bond acceptors (Lipinski definition) is 2. The van der Waals surface area contributed by atoms with Crippen LogP contribution in [-0.2, 0) is 13.0 Å². The van der Waals surface area contributed by atoms with Gasteiger partial charge in [0, 0.05) is 29.9 Å². The van der Waals surface area contributed by atoms with Crippen molar-refractivity contribution in [2.45, 2.75) is 33.2 Å². The second-order valence-electron chi connectivity index (χ2n) is 4.19. The molecular weight excluding hydrogens is 188 g/mol. The van der Waals surface area contributed by atoms with Crippen molar-refractivity contribution in [3.63, 3.8) is 0 Å². The lowest BCUT2D eigenvalue weighted by Gasteiger charge is -2.01. The third kappa shape index (κ3) is 1.21. The first-order valence-corrected chi connectivity index (χ1v) is 5.34. The van der Waals surface area contributed by atoms with E-state index in [0.29, 0.717) is 0 Å². The fourth-order valence-electron chi connectivity index (χ4n) is 2.31. The van der Waals surface area contributed by atoms with E-state index in [2.05, 4.69) is 39.7 Å². The van der Waals surface area contributed by atoms with Crippen LogP contribution in [-0.4, -0.2) is 19.7 Å². The molecule has 0 spiro atoms. The maximum Gasteiger partial charge on any atom is 0.165 e.